The molecule has 0 radical (unpaired) electrons. The zero-order valence-electron chi connectivity index (χ0n) is 23.1. The molecule has 2 aromatic carbocycles. The molecular weight excluding hydrogens is 580 g/mol. The van der Waals surface area contributed by atoms with E-state index in [1.807, 2.05) is 42.2 Å². The quantitative estimate of drug-likeness (QED) is 0.197. The number of benzene rings is 2. The second kappa shape index (κ2) is 15.6. The fraction of sp³-hybridized carbons (Fsp3) is 0.400. The first-order valence-corrected chi connectivity index (χ1v) is 14.6. The number of methoxy groups -OCH3 is 2. The number of halogens is 1. The lowest BCUT2D eigenvalue weighted by Crippen LogP contribution is -2.44. The minimum Gasteiger partial charge on any atom is -0.493 e. The van der Waals surface area contributed by atoms with Gasteiger partial charge in [-0.05, 0) is 74.7 Å². The molecule has 3 aromatic rings. The highest BCUT2D eigenvalue weighted by atomic mass is 79.9. The fourth-order valence-electron chi connectivity index (χ4n) is 4.17. The molecule has 39 heavy (non-hydrogen) atoms. The molecule has 0 saturated carbocycles. The van der Waals surface area contributed by atoms with Crippen LogP contribution in [0.2, 0.25) is 0 Å². The molecule has 1 aromatic heterocycles. The summed E-state index contributed by atoms with van der Waals surface area (Å²) in [6, 6.07) is 17.2. The Labute approximate surface area is 243 Å². The SMILES string of the molecule is CCOCCCN(CC(=O)N(CCc1ccc(OC)c(OC)c1)Cc1ccc(C)s1)C(=O)c1cccc(Br)c1. The first-order valence-electron chi connectivity index (χ1n) is 13.0. The van der Waals surface area contributed by atoms with Crippen molar-refractivity contribution in [2.75, 3.05) is 47.1 Å². The Hall–Kier alpha value is -2.88. The second-order valence-corrected chi connectivity index (χ2v) is 11.3. The number of aryl methyl sites for hydroxylation is 1. The fourth-order valence-corrected chi connectivity index (χ4v) is 5.48. The molecule has 0 saturated heterocycles. The van der Waals surface area contributed by atoms with Crippen LogP contribution in [0.4, 0.5) is 0 Å². The van der Waals surface area contributed by atoms with E-state index in [2.05, 4.69) is 35.0 Å². The van der Waals surface area contributed by atoms with Gasteiger partial charge in [0, 0.05) is 46.1 Å². The summed E-state index contributed by atoms with van der Waals surface area (Å²) in [6.45, 7) is 6.56. The van der Waals surface area contributed by atoms with Crippen LogP contribution in [0.1, 0.15) is 39.0 Å². The van der Waals surface area contributed by atoms with Gasteiger partial charge in [0.15, 0.2) is 11.5 Å². The molecule has 210 valence electrons. The van der Waals surface area contributed by atoms with Crippen LogP contribution in [0.25, 0.3) is 0 Å². The van der Waals surface area contributed by atoms with E-state index in [1.165, 1.54) is 4.88 Å². The Balaban J connectivity index is 1.79. The normalized spacial score (nSPS) is 10.8. The van der Waals surface area contributed by atoms with Gasteiger partial charge in [0.2, 0.25) is 5.91 Å². The van der Waals surface area contributed by atoms with E-state index >= 15 is 0 Å². The predicted molar refractivity (Wildman–Crippen MR) is 159 cm³/mol. The van der Waals surface area contributed by atoms with Crippen molar-refractivity contribution in [1.29, 1.82) is 0 Å². The maximum absolute atomic E-state index is 13.8. The number of rotatable bonds is 15. The first-order chi connectivity index (χ1) is 18.8. The smallest absolute Gasteiger partial charge is 0.254 e. The van der Waals surface area contributed by atoms with Gasteiger partial charge in [0.1, 0.15) is 6.54 Å². The van der Waals surface area contributed by atoms with E-state index in [4.69, 9.17) is 14.2 Å². The van der Waals surface area contributed by atoms with Gasteiger partial charge < -0.3 is 24.0 Å². The number of nitrogens with zero attached hydrogens (tertiary/aromatic N) is 2. The largest absolute Gasteiger partial charge is 0.493 e. The Morgan fingerprint density at radius 3 is 2.41 bits per heavy atom. The van der Waals surface area contributed by atoms with Gasteiger partial charge >= 0.3 is 0 Å². The summed E-state index contributed by atoms with van der Waals surface area (Å²) < 4.78 is 17.1. The van der Waals surface area contributed by atoms with E-state index in [-0.39, 0.29) is 18.4 Å². The highest BCUT2D eigenvalue weighted by Gasteiger charge is 2.23. The molecule has 0 unspecified atom stereocenters. The van der Waals surface area contributed by atoms with E-state index in [0.29, 0.717) is 62.8 Å². The van der Waals surface area contributed by atoms with Crippen LogP contribution in [-0.2, 0) is 22.5 Å². The minimum atomic E-state index is -0.173. The summed E-state index contributed by atoms with van der Waals surface area (Å²) >= 11 is 5.12. The lowest BCUT2D eigenvalue weighted by atomic mass is 10.1. The second-order valence-electron chi connectivity index (χ2n) is 9.05. The van der Waals surface area contributed by atoms with Crippen molar-refractivity contribution in [3.05, 3.63) is 80.0 Å². The molecule has 0 atom stereocenters. The minimum absolute atomic E-state index is 0.00619. The van der Waals surface area contributed by atoms with Crippen LogP contribution in [0, 0.1) is 6.92 Å². The van der Waals surface area contributed by atoms with Crippen molar-refractivity contribution in [3.8, 4) is 11.5 Å². The average molecular weight is 618 g/mol. The van der Waals surface area contributed by atoms with E-state index in [9.17, 15) is 9.59 Å². The van der Waals surface area contributed by atoms with Crippen molar-refractivity contribution in [2.24, 2.45) is 0 Å². The molecule has 2 amide bonds. The molecule has 1 heterocycles. The van der Waals surface area contributed by atoms with E-state index in [1.54, 1.807) is 42.6 Å². The summed E-state index contributed by atoms with van der Waals surface area (Å²) in [7, 11) is 3.22. The Kier molecular flexibility index (Phi) is 12.3. The molecule has 0 spiro atoms. The number of amides is 2. The highest BCUT2D eigenvalue weighted by molar-refractivity contribution is 9.10. The number of hydrogen-bond donors (Lipinski definition) is 0. The van der Waals surface area contributed by atoms with Gasteiger partial charge in [-0.25, -0.2) is 0 Å². The van der Waals surface area contributed by atoms with Crippen molar-refractivity contribution < 1.29 is 23.8 Å². The molecule has 0 N–H and O–H groups in total. The standard InChI is InChI=1S/C30H37BrN2O5S/c1-5-38-17-7-15-33(30(35)24-8-6-9-25(31)19-24)21-29(34)32(20-26-12-10-22(2)39-26)16-14-23-11-13-27(36-3)28(18-23)37-4/h6,8-13,18-19H,5,7,14-17,20-21H2,1-4H3. The number of thiophene rings is 1. The highest BCUT2D eigenvalue weighted by Crippen LogP contribution is 2.28. The molecule has 0 fully saturated rings. The van der Waals surface area contributed by atoms with Gasteiger partial charge in [-0.1, -0.05) is 28.1 Å². The molecule has 7 nitrogen and oxygen atoms in total. The summed E-state index contributed by atoms with van der Waals surface area (Å²) in [4.78, 5) is 33.0. The molecule has 0 aliphatic rings. The van der Waals surface area contributed by atoms with Crippen molar-refractivity contribution in [3.63, 3.8) is 0 Å². The van der Waals surface area contributed by atoms with Gasteiger partial charge in [-0.15, -0.1) is 11.3 Å². The maximum atomic E-state index is 13.8. The molecule has 3 rings (SSSR count). The zero-order chi connectivity index (χ0) is 28.2. The van der Waals surface area contributed by atoms with Crippen LogP contribution in [0.3, 0.4) is 0 Å². The summed E-state index contributed by atoms with van der Waals surface area (Å²) in [5.74, 6) is 1.05. The summed E-state index contributed by atoms with van der Waals surface area (Å²) in [6.07, 6.45) is 1.29. The summed E-state index contributed by atoms with van der Waals surface area (Å²) in [5.41, 5.74) is 1.57. The van der Waals surface area contributed by atoms with Gasteiger partial charge in [0.25, 0.3) is 5.91 Å². The number of hydrogen-bond acceptors (Lipinski definition) is 6. The monoisotopic (exact) mass is 616 g/mol. The Morgan fingerprint density at radius 2 is 1.74 bits per heavy atom. The van der Waals surface area contributed by atoms with Crippen LogP contribution in [0.5, 0.6) is 11.5 Å². The van der Waals surface area contributed by atoms with Crippen LogP contribution in [-0.4, -0.2) is 68.7 Å². The summed E-state index contributed by atoms with van der Waals surface area (Å²) in [5, 5.41) is 0. The van der Waals surface area contributed by atoms with Gasteiger partial charge in [0.05, 0.1) is 20.8 Å². The lowest BCUT2D eigenvalue weighted by Gasteiger charge is -2.28. The lowest BCUT2D eigenvalue weighted by molar-refractivity contribution is -0.132. The Morgan fingerprint density at radius 1 is 0.949 bits per heavy atom. The van der Waals surface area contributed by atoms with Crippen LogP contribution >= 0.6 is 27.3 Å². The van der Waals surface area contributed by atoms with Crippen molar-refractivity contribution in [1.82, 2.24) is 9.80 Å². The third-order valence-corrected chi connectivity index (χ3v) is 7.70. The molecule has 0 aliphatic carbocycles. The van der Waals surface area contributed by atoms with E-state index in [0.717, 1.165) is 14.9 Å². The van der Waals surface area contributed by atoms with Crippen LogP contribution < -0.4 is 9.47 Å². The Bertz CT molecular complexity index is 1230. The first kappa shape index (κ1) is 30.7. The molecule has 9 heteroatoms. The number of carbonyl (C=O) groups is 2. The average Bonchev–Trinajstić information content (AvgIpc) is 3.36. The third kappa shape index (κ3) is 9.37. The number of carbonyl (C=O) groups excluding carboxylic acids is 2. The maximum Gasteiger partial charge on any atom is 0.254 e. The van der Waals surface area contributed by atoms with Crippen molar-refractivity contribution >= 4 is 39.1 Å². The number of ether oxygens (including phenoxy) is 3. The van der Waals surface area contributed by atoms with Crippen LogP contribution in [0.15, 0.2) is 59.1 Å². The predicted octanol–water partition coefficient (Wildman–Crippen LogP) is 5.98. The van der Waals surface area contributed by atoms with Gasteiger partial charge in [-0.2, -0.15) is 0 Å². The van der Waals surface area contributed by atoms with Crippen molar-refractivity contribution in [2.45, 2.75) is 33.2 Å². The topological polar surface area (TPSA) is 68.3 Å². The third-order valence-electron chi connectivity index (χ3n) is 6.22. The zero-order valence-corrected chi connectivity index (χ0v) is 25.5. The van der Waals surface area contributed by atoms with Gasteiger partial charge in [-0.3, -0.25) is 9.59 Å². The molecular formula is C30H37BrN2O5S. The van der Waals surface area contributed by atoms with E-state index < -0.39 is 0 Å². The molecule has 0 aliphatic heterocycles. The molecule has 0 bridgehead atoms.